The van der Waals surface area contributed by atoms with Crippen molar-refractivity contribution in [3.05, 3.63) is 35.6 Å². The molecule has 0 heterocycles. The lowest BCUT2D eigenvalue weighted by Crippen LogP contribution is -2.54. The van der Waals surface area contributed by atoms with Crippen LogP contribution in [0.3, 0.4) is 0 Å². The van der Waals surface area contributed by atoms with Crippen molar-refractivity contribution < 1.29 is 9.13 Å². The Bertz CT molecular complexity index is 457. The molecule has 0 saturated heterocycles. The molecule has 0 atom stereocenters. The number of ether oxygens (including phenoxy) is 1. The molecule has 1 spiro atoms. The number of hydrogen-bond acceptors (Lipinski definition) is 2. The third kappa shape index (κ3) is 3.00. The number of hydrogen-bond donors (Lipinski definition) is 1. The predicted molar refractivity (Wildman–Crippen MR) is 83.0 cm³/mol. The van der Waals surface area contributed by atoms with Crippen molar-refractivity contribution >= 4 is 0 Å². The molecule has 21 heavy (non-hydrogen) atoms. The first-order chi connectivity index (χ1) is 10.2. The maximum atomic E-state index is 13.2. The van der Waals surface area contributed by atoms with Gasteiger partial charge in [-0.3, -0.25) is 0 Å². The van der Waals surface area contributed by atoms with Gasteiger partial charge in [0.25, 0.3) is 0 Å². The summed E-state index contributed by atoms with van der Waals surface area (Å²) in [5.74, 6) is -0.142. The van der Waals surface area contributed by atoms with Gasteiger partial charge in [-0.1, -0.05) is 25.0 Å². The lowest BCUT2D eigenvalue weighted by atomic mass is 9.49. The summed E-state index contributed by atoms with van der Waals surface area (Å²) in [7, 11) is 1.73. The van der Waals surface area contributed by atoms with Gasteiger partial charge >= 0.3 is 0 Å². The molecule has 0 unspecified atom stereocenters. The molecule has 2 aliphatic carbocycles. The summed E-state index contributed by atoms with van der Waals surface area (Å²) in [4.78, 5) is 0. The van der Waals surface area contributed by atoms with E-state index in [0.29, 0.717) is 5.41 Å². The van der Waals surface area contributed by atoms with Gasteiger partial charge in [-0.15, -0.1) is 0 Å². The SMILES string of the molecule is COCCNCC1(c2ccc(F)cc2)CC2(CCCC2)C1. The van der Waals surface area contributed by atoms with Crippen LogP contribution in [0.1, 0.15) is 44.1 Å². The highest BCUT2D eigenvalue weighted by Gasteiger charge is 2.55. The molecule has 0 aromatic heterocycles. The summed E-state index contributed by atoms with van der Waals surface area (Å²) in [6.45, 7) is 2.60. The lowest BCUT2D eigenvalue weighted by molar-refractivity contribution is 0.0260. The molecule has 0 bridgehead atoms. The van der Waals surface area contributed by atoms with Gasteiger partial charge in [0.15, 0.2) is 0 Å². The van der Waals surface area contributed by atoms with E-state index in [1.165, 1.54) is 44.1 Å². The minimum Gasteiger partial charge on any atom is -0.383 e. The molecule has 3 rings (SSSR count). The van der Waals surface area contributed by atoms with Crippen molar-refractivity contribution in [3.8, 4) is 0 Å². The Balaban J connectivity index is 1.71. The zero-order valence-corrected chi connectivity index (χ0v) is 13.0. The van der Waals surface area contributed by atoms with E-state index in [2.05, 4.69) is 5.32 Å². The van der Waals surface area contributed by atoms with E-state index in [-0.39, 0.29) is 11.2 Å². The summed E-state index contributed by atoms with van der Waals surface area (Å²) < 4.78 is 18.3. The van der Waals surface area contributed by atoms with Crippen molar-refractivity contribution in [2.75, 3.05) is 26.8 Å². The summed E-state index contributed by atoms with van der Waals surface area (Å²) in [6, 6.07) is 7.17. The minimum absolute atomic E-state index is 0.142. The first kappa shape index (κ1) is 15.0. The quantitative estimate of drug-likeness (QED) is 0.808. The molecule has 2 fully saturated rings. The highest BCUT2D eigenvalue weighted by Crippen LogP contribution is 2.62. The Morgan fingerprint density at radius 3 is 2.43 bits per heavy atom. The van der Waals surface area contributed by atoms with Gasteiger partial charge in [-0.25, -0.2) is 4.39 Å². The zero-order chi connectivity index (χ0) is 14.8. The fourth-order valence-electron chi connectivity index (χ4n) is 4.60. The summed E-state index contributed by atoms with van der Waals surface area (Å²) in [5.41, 5.74) is 2.08. The Morgan fingerprint density at radius 1 is 1.14 bits per heavy atom. The Kier molecular flexibility index (Phi) is 4.32. The fourth-order valence-corrected chi connectivity index (χ4v) is 4.60. The van der Waals surface area contributed by atoms with Crippen LogP contribution in [0.25, 0.3) is 0 Å². The molecular weight excluding hydrogens is 265 g/mol. The number of benzene rings is 1. The molecule has 0 radical (unpaired) electrons. The Morgan fingerprint density at radius 2 is 1.81 bits per heavy atom. The van der Waals surface area contributed by atoms with Crippen molar-refractivity contribution in [1.29, 1.82) is 0 Å². The third-order valence-corrected chi connectivity index (χ3v) is 5.49. The van der Waals surface area contributed by atoms with Gasteiger partial charge in [0.1, 0.15) is 5.82 Å². The largest absolute Gasteiger partial charge is 0.383 e. The van der Waals surface area contributed by atoms with Crippen LogP contribution in [0, 0.1) is 11.2 Å². The monoisotopic (exact) mass is 291 g/mol. The van der Waals surface area contributed by atoms with Gasteiger partial charge in [0.05, 0.1) is 6.61 Å². The first-order valence-corrected chi connectivity index (χ1v) is 8.14. The van der Waals surface area contributed by atoms with Crippen molar-refractivity contribution in [3.63, 3.8) is 0 Å². The number of rotatable bonds is 6. The highest BCUT2D eigenvalue weighted by molar-refractivity contribution is 5.32. The van der Waals surface area contributed by atoms with Crippen LogP contribution in [0.4, 0.5) is 4.39 Å². The second-order valence-corrected chi connectivity index (χ2v) is 7.02. The number of nitrogens with one attached hydrogen (secondary N) is 1. The maximum absolute atomic E-state index is 13.2. The minimum atomic E-state index is -0.142. The second-order valence-electron chi connectivity index (χ2n) is 7.02. The van der Waals surface area contributed by atoms with Gasteiger partial charge in [-0.05, 0) is 48.8 Å². The molecule has 3 heteroatoms. The van der Waals surface area contributed by atoms with Gasteiger partial charge in [0.2, 0.25) is 0 Å². The second kappa shape index (κ2) is 6.05. The van der Waals surface area contributed by atoms with Crippen LogP contribution in [-0.4, -0.2) is 26.8 Å². The van der Waals surface area contributed by atoms with Crippen LogP contribution in [0.5, 0.6) is 0 Å². The van der Waals surface area contributed by atoms with E-state index >= 15 is 0 Å². The molecular formula is C18H26FNO. The van der Waals surface area contributed by atoms with E-state index in [1.807, 2.05) is 12.1 Å². The molecule has 0 aliphatic heterocycles. The van der Waals surface area contributed by atoms with Gasteiger partial charge in [0, 0.05) is 25.6 Å². The van der Waals surface area contributed by atoms with Gasteiger partial charge in [-0.2, -0.15) is 0 Å². The molecule has 116 valence electrons. The smallest absolute Gasteiger partial charge is 0.123 e. The number of methoxy groups -OCH3 is 1. The molecule has 1 aromatic carbocycles. The van der Waals surface area contributed by atoms with Crippen molar-refractivity contribution in [2.24, 2.45) is 5.41 Å². The lowest BCUT2D eigenvalue weighted by Gasteiger charge is -2.56. The standard InChI is InChI=1S/C18H26FNO/c1-21-11-10-20-14-18(15-4-6-16(19)7-5-15)12-17(13-18)8-2-3-9-17/h4-7,20H,2-3,8-14H2,1H3. The molecule has 2 nitrogen and oxygen atoms in total. The summed E-state index contributed by atoms with van der Waals surface area (Å²) in [6.07, 6.45) is 8.05. The Labute approximate surface area is 127 Å². The first-order valence-electron chi connectivity index (χ1n) is 8.14. The van der Waals surface area contributed by atoms with Crippen LogP contribution in [0.2, 0.25) is 0 Å². The van der Waals surface area contributed by atoms with Crippen LogP contribution in [-0.2, 0) is 10.2 Å². The average Bonchev–Trinajstić information content (AvgIpc) is 2.92. The summed E-state index contributed by atoms with van der Waals surface area (Å²) >= 11 is 0. The molecule has 2 saturated carbocycles. The van der Waals surface area contributed by atoms with E-state index in [0.717, 1.165) is 19.7 Å². The third-order valence-electron chi connectivity index (χ3n) is 5.49. The topological polar surface area (TPSA) is 21.3 Å². The van der Waals surface area contributed by atoms with Crippen molar-refractivity contribution in [1.82, 2.24) is 5.32 Å². The predicted octanol–water partition coefficient (Wildman–Crippen LogP) is 3.65. The number of halogens is 1. The van der Waals surface area contributed by atoms with E-state index in [1.54, 1.807) is 19.2 Å². The molecule has 0 amide bonds. The molecule has 1 aromatic rings. The average molecular weight is 291 g/mol. The molecule has 1 N–H and O–H groups in total. The zero-order valence-electron chi connectivity index (χ0n) is 13.0. The molecule has 2 aliphatic rings. The van der Waals surface area contributed by atoms with Crippen LogP contribution in [0.15, 0.2) is 24.3 Å². The Hall–Kier alpha value is -0.930. The fraction of sp³-hybridized carbons (Fsp3) is 0.667. The maximum Gasteiger partial charge on any atom is 0.123 e. The summed E-state index contributed by atoms with van der Waals surface area (Å²) in [5, 5.41) is 3.53. The van der Waals surface area contributed by atoms with Crippen molar-refractivity contribution in [2.45, 2.75) is 43.9 Å². The van der Waals surface area contributed by atoms with E-state index < -0.39 is 0 Å². The highest BCUT2D eigenvalue weighted by atomic mass is 19.1. The normalized spacial score (nSPS) is 22.4. The van der Waals surface area contributed by atoms with Gasteiger partial charge < -0.3 is 10.1 Å². The van der Waals surface area contributed by atoms with E-state index in [9.17, 15) is 4.39 Å². The van der Waals surface area contributed by atoms with Crippen LogP contribution >= 0.6 is 0 Å². The van der Waals surface area contributed by atoms with Crippen LogP contribution < -0.4 is 5.32 Å². The van der Waals surface area contributed by atoms with E-state index in [4.69, 9.17) is 4.74 Å².